The van der Waals surface area contributed by atoms with Crippen LogP contribution in [0.4, 0.5) is 28.4 Å². The molecule has 0 amide bonds. The van der Waals surface area contributed by atoms with E-state index >= 15 is 0 Å². The molecule has 10 aromatic carbocycles. The molecule has 75 heavy (non-hydrogen) atoms. The second-order valence-corrected chi connectivity index (χ2v) is 20.9. The molecule has 3 aliphatic carbocycles. The van der Waals surface area contributed by atoms with Crippen LogP contribution in [0.2, 0.25) is 0 Å². The van der Waals surface area contributed by atoms with Crippen molar-refractivity contribution >= 4 is 55.6 Å². The van der Waals surface area contributed by atoms with Gasteiger partial charge in [-0.3, -0.25) is 0 Å². The second kappa shape index (κ2) is 20.8. The number of hydrogen-bond donors (Lipinski definition) is 0. The minimum absolute atomic E-state index is 0.0981. The Kier molecular flexibility index (Phi) is 12.9. The number of benzene rings is 10. The quantitative estimate of drug-likeness (QED) is 0.0889. The zero-order chi connectivity index (χ0) is 49.9. The SMILES string of the molecule is C1=CC(N(c2ccc(-c3ccccc3)cc2)c2c3ccc(C4CCCC4)cc3c(N(c3ccc(-c4ccccc4)cc3)c3ccc(-c4ccccc4)cc3)c3ccc(C4CCCC4)cc23)C=CC(c2ccccc2)=C1. The molecule has 1 unspecified atom stereocenters. The van der Waals surface area contributed by atoms with Crippen LogP contribution in [0, 0.1) is 0 Å². The zero-order valence-corrected chi connectivity index (χ0v) is 42.6. The Balaban J connectivity index is 1.09. The molecule has 0 saturated heterocycles. The molecule has 2 fully saturated rings. The predicted molar refractivity (Wildman–Crippen MR) is 320 cm³/mol. The van der Waals surface area contributed by atoms with Gasteiger partial charge in [0.05, 0.1) is 17.4 Å². The molecule has 364 valence electrons. The third-order valence-corrected chi connectivity index (χ3v) is 16.4. The molecule has 2 nitrogen and oxygen atoms in total. The van der Waals surface area contributed by atoms with Crippen molar-refractivity contribution in [2.45, 2.75) is 69.2 Å². The van der Waals surface area contributed by atoms with Crippen LogP contribution in [-0.2, 0) is 0 Å². The fourth-order valence-corrected chi connectivity index (χ4v) is 12.5. The number of rotatable bonds is 12. The first-order valence-corrected chi connectivity index (χ1v) is 27.4. The molecule has 3 aliphatic rings. The largest absolute Gasteiger partial charge is 0.330 e. The van der Waals surface area contributed by atoms with E-state index in [1.165, 1.54) is 140 Å². The summed E-state index contributed by atoms with van der Waals surface area (Å²) in [6, 6.07) is 86.1. The molecule has 13 rings (SSSR count). The summed E-state index contributed by atoms with van der Waals surface area (Å²) in [6.45, 7) is 0. The highest BCUT2D eigenvalue weighted by molar-refractivity contribution is 6.23. The molecule has 0 radical (unpaired) electrons. The van der Waals surface area contributed by atoms with Gasteiger partial charge in [0.15, 0.2) is 0 Å². The van der Waals surface area contributed by atoms with Crippen LogP contribution < -0.4 is 9.80 Å². The first-order valence-electron chi connectivity index (χ1n) is 27.4. The molecule has 2 heteroatoms. The molecule has 0 heterocycles. The van der Waals surface area contributed by atoms with E-state index in [0.717, 1.165) is 17.1 Å². The predicted octanol–water partition coefficient (Wildman–Crippen LogP) is 20.5. The van der Waals surface area contributed by atoms with Gasteiger partial charge < -0.3 is 9.80 Å². The monoisotopic (exact) mass is 966 g/mol. The fourth-order valence-electron chi connectivity index (χ4n) is 12.5. The van der Waals surface area contributed by atoms with Crippen molar-refractivity contribution in [1.82, 2.24) is 0 Å². The van der Waals surface area contributed by atoms with Crippen LogP contribution >= 0.6 is 0 Å². The standard InChI is InChI=1S/C73H62N2/c1-5-18-52(19-6-1)58-30-17-31-64(41-32-58)74(65-42-33-59(34-43-65)53-20-7-2-8-21-53)72-68-48-39-63(57-28-15-16-29-57)51-71(68)73(69-49-40-62(50-70(69)72)56-26-13-14-27-56)75(66-44-35-60(36-45-66)54-22-9-3-10-23-54)67-46-37-61(38-47-67)55-24-11-4-12-25-55/h1-12,17-25,30-51,56-57,64H,13-16,26-29H2. The Morgan fingerprint density at radius 3 is 1.16 bits per heavy atom. The van der Waals surface area contributed by atoms with Crippen molar-refractivity contribution in [3.05, 3.63) is 278 Å². The Morgan fingerprint density at radius 1 is 0.320 bits per heavy atom. The molecular formula is C73H62N2. The molecular weight excluding hydrogens is 905 g/mol. The minimum atomic E-state index is -0.0981. The number of anilines is 5. The zero-order valence-electron chi connectivity index (χ0n) is 42.6. The fraction of sp³-hybridized carbons (Fsp3) is 0.151. The average Bonchev–Trinajstić information content (AvgIpc) is 4.21. The van der Waals surface area contributed by atoms with E-state index in [2.05, 4.69) is 271 Å². The van der Waals surface area contributed by atoms with E-state index < -0.39 is 0 Å². The van der Waals surface area contributed by atoms with Gasteiger partial charge in [0.1, 0.15) is 0 Å². The van der Waals surface area contributed by atoms with E-state index in [9.17, 15) is 0 Å². The lowest BCUT2D eigenvalue weighted by molar-refractivity contribution is 0.724. The summed E-state index contributed by atoms with van der Waals surface area (Å²) in [5.41, 5.74) is 18.5. The normalized spacial score (nSPS) is 15.8. The first kappa shape index (κ1) is 46.3. The van der Waals surface area contributed by atoms with E-state index in [1.54, 1.807) is 0 Å². The first-order chi connectivity index (χ1) is 37.2. The van der Waals surface area contributed by atoms with Crippen molar-refractivity contribution < 1.29 is 0 Å². The Morgan fingerprint density at radius 2 is 0.707 bits per heavy atom. The van der Waals surface area contributed by atoms with E-state index in [-0.39, 0.29) is 6.04 Å². The van der Waals surface area contributed by atoms with Crippen LogP contribution in [0.5, 0.6) is 0 Å². The molecule has 0 bridgehead atoms. The van der Waals surface area contributed by atoms with E-state index in [1.807, 2.05) is 0 Å². The minimum Gasteiger partial charge on any atom is -0.330 e. The van der Waals surface area contributed by atoms with Crippen molar-refractivity contribution in [2.75, 3.05) is 9.80 Å². The third-order valence-electron chi connectivity index (χ3n) is 16.4. The van der Waals surface area contributed by atoms with Crippen LogP contribution in [-0.4, -0.2) is 6.04 Å². The molecule has 0 aromatic heterocycles. The Labute approximate surface area is 443 Å². The maximum absolute atomic E-state index is 2.65. The lowest BCUT2D eigenvalue weighted by Gasteiger charge is -2.36. The van der Waals surface area contributed by atoms with Crippen LogP contribution in [0.1, 0.15) is 79.9 Å². The Hall–Kier alpha value is -8.46. The molecule has 0 spiro atoms. The molecule has 2 saturated carbocycles. The van der Waals surface area contributed by atoms with Gasteiger partial charge in [-0.15, -0.1) is 0 Å². The highest BCUT2D eigenvalue weighted by Gasteiger charge is 2.30. The molecule has 0 N–H and O–H groups in total. The van der Waals surface area contributed by atoms with Gasteiger partial charge in [-0.1, -0.05) is 238 Å². The lowest BCUT2D eigenvalue weighted by atomic mass is 9.88. The van der Waals surface area contributed by atoms with E-state index in [4.69, 9.17) is 0 Å². The van der Waals surface area contributed by atoms with Gasteiger partial charge in [-0.25, -0.2) is 0 Å². The number of fused-ring (bicyclic) bond motifs is 2. The highest BCUT2D eigenvalue weighted by atomic mass is 15.2. The van der Waals surface area contributed by atoms with Crippen LogP contribution in [0.15, 0.2) is 261 Å². The van der Waals surface area contributed by atoms with Crippen molar-refractivity contribution in [3.63, 3.8) is 0 Å². The van der Waals surface area contributed by atoms with Gasteiger partial charge in [0.2, 0.25) is 0 Å². The lowest BCUT2D eigenvalue weighted by Crippen LogP contribution is -2.28. The highest BCUT2D eigenvalue weighted by Crippen LogP contribution is 2.53. The number of hydrogen-bond acceptors (Lipinski definition) is 2. The topological polar surface area (TPSA) is 6.48 Å². The Bertz CT molecular complexity index is 3590. The van der Waals surface area contributed by atoms with E-state index in [0.29, 0.717) is 11.8 Å². The van der Waals surface area contributed by atoms with Gasteiger partial charge in [-0.05, 0) is 142 Å². The summed E-state index contributed by atoms with van der Waals surface area (Å²) < 4.78 is 0. The van der Waals surface area contributed by atoms with Gasteiger partial charge in [-0.2, -0.15) is 0 Å². The van der Waals surface area contributed by atoms with Crippen molar-refractivity contribution in [2.24, 2.45) is 0 Å². The summed E-state index contributed by atoms with van der Waals surface area (Å²) in [7, 11) is 0. The molecule has 1 atom stereocenters. The van der Waals surface area contributed by atoms with Crippen molar-refractivity contribution in [1.29, 1.82) is 0 Å². The smallest absolute Gasteiger partial charge is 0.0713 e. The second-order valence-electron chi connectivity index (χ2n) is 20.9. The number of nitrogens with zero attached hydrogens (tertiary/aromatic N) is 2. The summed E-state index contributed by atoms with van der Waals surface area (Å²) in [5.74, 6) is 1.07. The molecule has 0 aliphatic heterocycles. The van der Waals surface area contributed by atoms with Crippen LogP contribution in [0.3, 0.4) is 0 Å². The summed E-state index contributed by atoms with van der Waals surface area (Å²) in [4.78, 5) is 5.23. The van der Waals surface area contributed by atoms with Crippen LogP contribution in [0.25, 0.3) is 60.5 Å². The third kappa shape index (κ3) is 9.32. The maximum atomic E-state index is 2.65. The van der Waals surface area contributed by atoms with Crippen molar-refractivity contribution in [3.8, 4) is 33.4 Å². The van der Waals surface area contributed by atoms with Gasteiger partial charge >= 0.3 is 0 Å². The molecule has 10 aromatic rings. The number of allylic oxidation sites excluding steroid dienone is 4. The van der Waals surface area contributed by atoms with Gasteiger partial charge in [0, 0.05) is 38.6 Å². The summed E-state index contributed by atoms with van der Waals surface area (Å²) in [6.07, 6.45) is 21.7. The van der Waals surface area contributed by atoms with Gasteiger partial charge in [0.25, 0.3) is 0 Å². The average molecular weight is 967 g/mol. The summed E-state index contributed by atoms with van der Waals surface area (Å²) >= 11 is 0. The maximum Gasteiger partial charge on any atom is 0.0713 e. The summed E-state index contributed by atoms with van der Waals surface area (Å²) in [5, 5.41) is 5.05.